The minimum absolute atomic E-state index is 0.0580. The Labute approximate surface area is 158 Å². The van der Waals surface area contributed by atoms with Crippen molar-refractivity contribution in [2.24, 2.45) is 15.9 Å². The maximum absolute atomic E-state index is 13.0. The van der Waals surface area contributed by atoms with Gasteiger partial charge in [-0.15, -0.1) is 0 Å². The summed E-state index contributed by atoms with van der Waals surface area (Å²) in [5.41, 5.74) is 7.56. The van der Waals surface area contributed by atoms with Crippen LogP contribution in [-0.2, 0) is 16.6 Å². The number of primary sulfonamides is 1. The fraction of sp³-hybridized carbons (Fsp3) is 0.278. The van der Waals surface area contributed by atoms with Gasteiger partial charge < -0.3 is 15.5 Å². The van der Waals surface area contributed by atoms with Gasteiger partial charge in [0.1, 0.15) is 5.82 Å². The molecule has 1 saturated heterocycles. The number of nitrogens with zero attached hydrogens (tertiary/aromatic N) is 3. The van der Waals surface area contributed by atoms with E-state index in [1.807, 2.05) is 4.90 Å². The molecule has 27 heavy (non-hydrogen) atoms. The van der Waals surface area contributed by atoms with E-state index < -0.39 is 10.0 Å². The molecule has 0 atom stereocenters. The molecule has 0 spiro atoms. The first kappa shape index (κ1) is 19.1. The highest BCUT2D eigenvalue weighted by Gasteiger charge is 2.19. The summed E-state index contributed by atoms with van der Waals surface area (Å²) in [7, 11) is -3.80. The number of halogens is 1. The van der Waals surface area contributed by atoms with Crippen LogP contribution in [0.1, 0.15) is 5.56 Å². The average Bonchev–Trinajstić information content (AvgIpc) is 2.66. The second-order valence-electron chi connectivity index (χ2n) is 6.28. The number of guanidine groups is 1. The van der Waals surface area contributed by atoms with E-state index in [0.717, 1.165) is 18.8 Å². The van der Waals surface area contributed by atoms with Crippen molar-refractivity contribution in [1.82, 2.24) is 4.90 Å². The summed E-state index contributed by atoms with van der Waals surface area (Å²) in [5.74, 6) is 0.103. The zero-order valence-corrected chi connectivity index (χ0v) is 15.6. The molecule has 1 aliphatic heterocycles. The summed E-state index contributed by atoms with van der Waals surface area (Å²) >= 11 is 0. The van der Waals surface area contributed by atoms with Crippen molar-refractivity contribution in [2.45, 2.75) is 11.4 Å². The van der Waals surface area contributed by atoms with Gasteiger partial charge in [-0.25, -0.2) is 22.9 Å². The Balaban J connectivity index is 1.63. The SMILES string of the molecule is NC(=NCc1ccccc1S(N)(=O)=O)N1CCN(c2ccc(F)cc2)CC1. The van der Waals surface area contributed by atoms with Crippen LogP contribution in [0.5, 0.6) is 0 Å². The summed E-state index contributed by atoms with van der Waals surface area (Å²) in [6.07, 6.45) is 0. The lowest BCUT2D eigenvalue weighted by Gasteiger charge is -2.36. The zero-order valence-electron chi connectivity index (χ0n) is 14.8. The Bertz CT molecular complexity index is 923. The largest absolute Gasteiger partial charge is 0.370 e. The lowest BCUT2D eigenvalue weighted by Crippen LogP contribution is -2.51. The van der Waals surface area contributed by atoms with Crippen LogP contribution in [0.4, 0.5) is 10.1 Å². The molecule has 0 saturated carbocycles. The Morgan fingerprint density at radius 2 is 1.67 bits per heavy atom. The van der Waals surface area contributed by atoms with E-state index >= 15 is 0 Å². The maximum Gasteiger partial charge on any atom is 0.238 e. The molecule has 2 aromatic rings. The Morgan fingerprint density at radius 1 is 1.04 bits per heavy atom. The predicted molar refractivity (Wildman–Crippen MR) is 103 cm³/mol. The number of piperazine rings is 1. The van der Waals surface area contributed by atoms with Gasteiger partial charge in [0.25, 0.3) is 0 Å². The van der Waals surface area contributed by atoms with Gasteiger partial charge in [0.2, 0.25) is 10.0 Å². The van der Waals surface area contributed by atoms with Crippen molar-refractivity contribution in [3.63, 3.8) is 0 Å². The number of nitrogens with two attached hydrogens (primary N) is 2. The summed E-state index contributed by atoms with van der Waals surface area (Å²) in [6.45, 7) is 2.94. The highest BCUT2D eigenvalue weighted by atomic mass is 32.2. The Morgan fingerprint density at radius 3 is 2.30 bits per heavy atom. The van der Waals surface area contributed by atoms with E-state index in [2.05, 4.69) is 9.89 Å². The molecule has 0 unspecified atom stereocenters. The number of sulfonamides is 1. The molecule has 144 valence electrons. The molecular weight excluding hydrogens is 369 g/mol. The van der Waals surface area contributed by atoms with Crippen molar-refractivity contribution >= 4 is 21.7 Å². The minimum Gasteiger partial charge on any atom is -0.370 e. The van der Waals surface area contributed by atoms with Crippen LogP contribution in [-0.4, -0.2) is 45.5 Å². The molecule has 0 radical (unpaired) electrons. The Kier molecular flexibility index (Phi) is 5.62. The van der Waals surface area contributed by atoms with Crippen LogP contribution in [0.15, 0.2) is 58.4 Å². The van der Waals surface area contributed by atoms with E-state index in [1.165, 1.54) is 18.2 Å². The van der Waals surface area contributed by atoms with E-state index in [1.54, 1.807) is 30.3 Å². The monoisotopic (exact) mass is 391 g/mol. The van der Waals surface area contributed by atoms with Crippen molar-refractivity contribution < 1.29 is 12.8 Å². The first-order chi connectivity index (χ1) is 12.8. The van der Waals surface area contributed by atoms with Gasteiger partial charge in [-0.1, -0.05) is 18.2 Å². The van der Waals surface area contributed by atoms with Crippen molar-refractivity contribution in [1.29, 1.82) is 0 Å². The van der Waals surface area contributed by atoms with Gasteiger partial charge in [-0.3, -0.25) is 0 Å². The second-order valence-corrected chi connectivity index (χ2v) is 7.81. The van der Waals surface area contributed by atoms with Crippen molar-refractivity contribution in [2.75, 3.05) is 31.1 Å². The number of aliphatic imine (C=N–C) groups is 1. The van der Waals surface area contributed by atoms with Gasteiger partial charge >= 0.3 is 0 Å². The fourth-order valence-electron chi connectivity index (χ4n) is 3.02. The number of benzene rings is 2. The molecule has 7 nitrogen and oxygen atoms in total. The zero-order chi connectivity index (χ0) is 19.4. The highest BCUT2D eigenvalue weighted by Crippen LogP contribution is 2.17. The van der Waals surface area contributed by atoms with Crippen LogP contribution >= 0.6 is 0 Å². The van der Waals surface area contributed by atoms with Crippen LogP contribution in [0, 0.1) is 5.82 Å². The van der Waals surface area contributed by atoms with Gasteiger partial charge in [0, 0.05) is 31.9 Å². The third-order valence-electron chi connectivity index (χ3n) is 4.49. The smallest absolute Gasteiger partial charge is 0.238 e. The molecule has 0 aliphatic carbocycles. The standard InChI is InChI=1S/C18H22FN5O2S/c19-15-5-7-16(8-6-15)23-9-11-24(12-10-23)18(20)22-13-14-3-1-2-4-17(14)27(21,25)26/h1-8H,9-13H2,(H2,20,22)(H2,21,25,26). The predicted octanol–water partition coefficient (Wildman–Crippen LogP) is 1.11. The summed E-state index contributed by atoms with van der Waals surface area (Å²) in [5, 5.41) is 5.24. The summed E-state index contributed by atoms with van der Waals surface area (Å²) in [6, 6.07) is 12.9. The molecule has 0 aromatic heterocycles. The molecule has 0 bridgehead atoms. The molecule has 1 heterocycles. The molecule has 2 aromatic carbocycles. The van der Waals surface area contributed by atoms with Gasteiger partial charge in [-0.05, 0) is 35.9 Å². The van der Waals surface area contributed by atoms with E-state index in [-0.39, 0.29) is 17.3 Å². The molecule has 4 N–H and O–H groups in total. The fourth-order valence-corrected chi connectivity index (χ4v) is 3.79. The van der Waals surface area contributed by atoms with Gasteiger partial charge in [-0.2, -0.15) is 0 Å². The van der Waals surface area contributed by atoms with E-state index in [4.69, 9.17) is 10.9 Å². The van der Waals surface area contributed by atoms with E-state index in [0.29, 0.717) is 24.6 Å². The first-order valence-electron chi connectivity index (χ1n) is 8.51. The number of rotatable bonds is 4. The molecule has 1 fully saturated rings. The number of anilines is 1. The van der Waals surface area contributed by atoms with E-state index in [9.17, 15) is 12.8 Å². The molecule has 3 rings (SSSR count). The summed E-state index contributed by atoms with van der Waals surface area (Å²) < 4.78 is 36.3. The quantitative estimate of drug-likeness (QED) is 0.600. The third-order valence-corrected chi connectivity index (χ3v) is 5.50. The van der Waals surface area contributed by atoms with Crippen LogP contribution in [0.2, 0.25) is 0 Å². The number of hydrogen-bond acceptors (Lipinski definition) is 4. The average molecular weight is 391 g/mol. The van der Waals surface area contributed by atoms with Crippen molar-refractivity contribution in [3.8, 4) is 0 Å². The topological polar surface area (TPSA) is 105 Å². The minimum atomic E-state index is -3.80. The van der Waals surface area contributed by atoms with Gasteiger partial charge in [0.15, 0.2) is 5.96 Å². The molecule has 9 heteroatoms. The lowest BCUT2D eigenvalue weighted by molar-refractivity contribution is 0.380. The van der Waals surface area contributed by atoms with Crippen LogP contribution in [0.3, 0.4) is 0 Å². The third kappa shape index (κ3) is 4.75. The van der Waals surface area contributed by atoms with Crippen LogP contribution < -0.4 is 15.8 Å². The first-order valence-corrected chi connectivity index (χ1v) is 10.1. The second kappa shape index (κ2) is 7.93. The normalized spacial score (nSPS) is 15.9. The molecular formula is C18H22FN5O2S. The van der Waals surface area contributed by atoms with Crippen LogP contribution in [0.25, 0.3) is 0 Å². The summed E-state index contributed by atoms with van der Waals surface area (Å²) in [4.78, 5) is 8.49. The van der Waals surface area contributed by atoms with Gasteiger partial charge in [0.05, 0.1) is 11.4 Å². The van der Waals surface area contributed by atoms with Crippen molar-refractivity contribution in [3.05, 3.63) is 59.9 Å². The molecule has 0 amide bonds. The highest BCUT2D eigenvalue weighted by molar-refractivity contribution is 7.89. The Hall–Kier alpha value is -2.65. The molecule has 1 aliphatic rings. The number of hydrogen-bond donors (Lipinski definition) is 2. The lowest BCUT2D eigenvalue weighted by atomic mass is 10.2. The maximum atomic E-state index is 13.0.